The molecule has 0 aliphatic carbocycles. The van der Waals surface area contributed by atoms with Crippen molar-refractivity contribution in [2.45, 2.75) is 25.9 Å². The van der Waals surface area contributed by atoms with Gasteiger partial charge in [0, 0.05) is 28.9 Å². The Morgan fingerprint density at radius 2 is 1.84 bits per heavy atom. The van der Waals surface area contributed by atoms with Gasteiger partial charge in [0.1, 0.15) is 0 Å². The molecule has 0 aliphatic rings. The van der Waals surface area contributed by atoms with Gasteiger partial charge in [-0.25, -0.2) is 13.1 Å². The zero-order valence-electron chi connectivity index (χ0n) is 17.1. The largest absolute Gasteiger partial charge is 0.390 e. The summed E-state index contributed by atoms with van der Waals surface area (Å²) in [7, 11) is -4.15. The Balaban J connectivity index is 1.59. The maximum Gasteiger partial charge on any atom is 0.390 e. The Kier molecular flexibility index (Phi) is 5.72. The number of halogens is 3. The number of anilines is 1. The van der Waals surface area contributed by atoms with Crippen LogP contribution >= 0.6 is 0 Å². The van der Waals surface area contributed by atoms with Gasteiger partial charge >= 0.3 is 6.18 Å². The highest BCUT2D eigenvalue weighted by Crippen LogP contribution is 2.30. The van der Waals surface area contributed by atoms with Crippen LogP contribution in [0.1, 0.15) is 18.9 Å². The second kappa shape index (κ2) is 8.34. The highest BCUT2D eigenvalue weighted by molar-refractivity contribution is 7.92. The van der Waals surface area contributed by atoms with Gasteiger partial charge in [-0.05, 0) is 41.8 Å². The van der Waals surface area contributed by atoms with Gasteiger partial charge in [-0.3, -0.25) is 4.72 Å². The maximum atomic E-state index is 12.4. The van der Waals surface area contributed by atoms with Crippen molar-refractivity contribution in [1.82, 2.24) is 14.8 Å². The molecular weight excluding hydrogens is 441 g/mol. The van der Waals surface area contributed by atoms with Crippen LogP contribution < -0.4 is 4.72 Å². The lowest BCUT2D eigenvalue weighted by Crippen LogP contribution is -2.21. The monoisotopic (exact) mass is 462 g/mol. The highest BCUT2D eigenvalue weighted by Gasteiger charge is 2.30. The third kappa shape index (κ3) is 4.96. The minimum absolute atomic E-state index is 0.201. The molecule has 0 radical (unpaired) electrons. The summed E-state index contributed by atoms with van der Waals surface area (Å²) in [6.45, 7) is 2.09. The zero-order valence-corrected chi connectivity index (χ0v) is 18.0. The molecule has 168 valence electrons. The van der Waals surface area contributed by atoms with Crippen LogP contribution in [0.4, 0.5) is 18.9 Å². The third-order valence-corrected chi connectivity index (χ3v) is 6.40. The zero-order chi connectivity index (χ0) is 22.9. The van der Waals surface area contributed by atoms with Gasteiger partial charge in [-0.2, -0.15) is 18.3 Å². The van der Waals surface area contributed by atoms with E-state index in [1.165, 1.54) is 11.8 Å². The lowest BCUT2D eigenvalue weighted by molar-refractivity contribution is -0.129. The number of aryl methyl sites for hydroxylation is 1. The van der Waals surface area contributed by atoms with Crippen LogP contribution in [0.3, 0.4) is 0 Å². The number of H-pyrrole nitrogens is 1. The van der Waals surface area contributed by atoms with Crippen molar-refractivity contribution in [1.29, 1.82) is 0 Å². The first kappa shape index (κ1) is 21.9. The number of benzene rings is 2. The molecule has 6 nitrogen and oxygen atoms in total. The topological polar surface area (TPSA) is 79.8 Å². The first-order valence-electron chi connectivity index (χ1n) is 9.96. The lowest BCUT2D eigenvalue weighted by Gasteiger charge is -2.09. The molecule has 2 N–H and O–H groups in total. The normalized spacial score (nSPS) is 12.4. The number of nitrogens with one attached hydrogen (secondary N) is 2. The summed E-state index contributed by atoms with van der Waals surface area (Å²) in [4.78, 5) is 2.93. The average molecular weight is 462 g/mol. The Hall–Kier alpha value is -3.27. The standard InChI is InChI=1S/C22H21F3N4O2S/c1-2-15-3-6-18(7-4-15)29-14-17(12-27-29)16-5-8-20-19(11-16)21(13-26-20)28-32(30,31)10-9-22(23,24)25/h3-8,11-14,26,28H,2,9-10H2,1H3. The van der Waals surface area contributed by atoms with Crippen molar-refractivity contribution in [3.05, 3.63) is 66.6 Å². The molecule has 2 aromatic heterocycles. The van der Waals surface area contributed by atoms with Crippen LogP contribution in [0.15, 0.2) is 61.1 Å². The fraction of sp³-hybridized carbons (Fsp3) is 0.227. The number of fused-ring (bicyclic) bond motifs is 1. The number of hydrogen-bond donors (Lipinski definition) is 2. The Morgan fingerprint density at radius 1 is 1.09 bits per heavy atom. The average Bonchev–Trinajstić information content (AvgIpc) is 3.39. The predicted octanol–water partition coefficient (Wildman–Crippen LogP) is 5.28. The number of aromatic amines is 1. The molecule has 32 heavy (non-hydrogen) atoms. The summed E-state index contributed by atoms with van der Waals surface area (Å²) in [5.74, 6) is -1.04. The van der Waals surface area contributed by atoms with Crippen LogP contribution in [0.5, 0.6) is 0 Å². The Labute approximate surface area is 183 Å². The van der Waals surface area contributed by atoms with Crippen LogP contribution in [-0.4, -0.2) is 35.1 Å². The Bertz CT molecular complexity index is 1340. The first-order valence-corrected chi connectivity index (χ1v) is 11.6. The van der Waals surface area contributed by atoms with Crippen molar-refractivity contribution in [2.24, 2.45) is 0 Å². The van der Waals surface area contributed by atoms with Crippen LogP contribution in [0.2, 0.25) is 0 Å². The van der Waals surface area contributed by atoms with Crippen molar-refractivity contribution in [3.8, 4) is 16.8 Å². The molecule has 10 heteroatoms. The molecule has 0 bridgehead atoms. The molecule has 0 atom stereocenters. The lowest BCUT2D eigenvalue weighted by atomic mass is 10.1. The summed E-state index contributed by atoms with van der Waals surface area (Å²) < 4.78 is 65.5. The van der Waals surface area contributed by atoms with Gasteiger partial charge in [0.2, 0.25) is 10.0 Å². The molecule has 0 aliphatic heterocycles. The van der Waals surface area contributed by atoms with Gasteiger partial charge in [-0.1, -0.05) is 25.1 Å². The number of hydrogen-bond acceptors (Lipinski definition) is 3. The van der Waals surface area contributed by atoms with Crippen molar-refractivity contribution in [3.63, 3.8) is 0 Å². The number of alkyl halides is 3. The smallest absolute Gasteiger partial charge is 0.359 e. The van der Waals surface area contributed by atoms with Gasteiger partial charge in [-0.15, -0.1) is 0 Å². The molecular formula is C22H21F3N4O2S. The molecule has 0 saturated heterocycles. The summed E-state index contributed by atoms with van der Waals surface area (Å²) >= 11 is 0. The van der Waals surface area contributed by atoms with E-state index >= 15 is 0 Å². The number of sulfonamides is 1. The van der Waals surface area contributed by atoms with E-state index < -0.39 is 28.4 Å². The van der Waals surface area contributed by atoms with Crippen LogP contribution in [-0.2, 0) is 16.4 Å². The first-order chi connectivity index (χ1) is 15.1. The highest BCUT2D eigenvalue weighted by atomic mass is 32.2. The van der Waals surface area contributed by atoms with Crippen LogP contribution in [0.25, 0.3) is 27.7 Å². The minimum atomic E-state index is -4.54. The van der Waals surface area contributed by atoms with E-state index in [2.05, 4.69) is 21.7 Å². The summed E-state index contributed by atoms with van der Waals surface area (Å²) in [5, 5.41) is 4.96. The minimum Gasteiger partial charge on any atom is -0.359 e. The molecule has 0 fully saturated rings. The number of rotatable bonds is 7. The third-order valence-electron chi connectivity index (χ3n) is 5.13. The van der Waals surface area contributed by atoms with E-state index in [1.807, 2.05) is 36.5 Å². The molecule has 4 aromatic rings. The quantitative estimate of drug-likeness (QED) is 0.392. The summed E-state index contributed by atoms with van der Waals surface area (Å²) in [5.41, 5.74) is 4.61. The van der Waals surface area contributed by atoms with E-state index in [0.29, 0.717) is 10.9 Å². The van der Waals surface area contributed by atoms with Gasteiger partial charge in [0.05, 0.1) is 29.7 Å². The fourth-order valence-electron chi connectivity index (χ4n) is 3.35. The maximum absolute atomic E-state index is 12.4. The summed E-state index contributed by atoms with van der Waals surface area (Å²) in [6.07, 6.45) is -0.00785. The predicted molar refractivity (Wildman–Crippen MR) is 118 cm³/mol. The molecule has 0 unspecified atom stereocenters. The molecule has 2 aromatic carbocycles. The summed E-state index contributed by atoms with van der Waals surface area (Å²) in [6, 6.07) is 13.5. The molecule has 2 heterocycles. The van der Waals surface area contributed by atoms with Gasteiger partial charge in [0.25, 0.3) is 0 Å². The van der Waals surface area contributed by atoms with E-state index in [9.17, 15) is 21.6 Å². The van der Waals surface area contributed by atoms with Gasteiger partial charge < -0.3 is 4.98 Å². The Morgan fingerprint density at radius 3 is 2.53 bits per heavy atom. The molecule has 0 saturated carbocycles. The van der Waals surface area contributed by atoms with Crippen LogP contribution in [0, 0.1) is 0 Å². The number of nitrogens with zero attached hydrogens (tertiary/aromatic N) is 2. The van der Waals surface area contributed by atoms with Crippen molar-refractivity contribution in [2.75, 3.05) is 10.5 Å². The van der Waals surface area contributed by atoms with E-state index in [4.69, 9.17) is 0 Å². The molecule has 0 amide bonds. The second-order valence-corrected chi connectivity index (χ2v) is 9.28. The SMILES string of the molecule is CCc1ccc(-n2cc(-c3ccc4[nH]cc(NS(=O)(=O)CCC(F)(F)F)c4c3)cn2)cc1. The number of aromatic nitrogens is 3. The molecule has 4 rings (SSSR count). The fourth-order valence-corrected chi connectivity index (χ4v) is 4.46. The molecule has 0 spiro atoms. The van der Waals surface area contributed by atoms with Crippen molar-refractivity contribution >= 4 is 26.6 Å². The van der Waals surface area contributed by atoms with Gasteiger partial charge in [0.15, 0.2) is 0 Å². The second-order valence-electron chi connectivity index (χ2n) is 7.44. The van der Waals surface area contributed by atoms with E-state index in [-0.39, 0.29) is 5.69 Å². The van der Waals surface area contributed by atoms with E-state index in [0.717, 1.165) is 23.2 Å². The van der Waals surface area contributed by atoms with E-state index in [1.54, 1.807) is 23.0 Å². The van der Waals surface area contributed by atoms with Crippen molar-refractivity contribution < 1.29 is 21.6 Å².